The molecule has 0 saturated carbocycles. The number of esters is 1. The van der Waals surface area contributed by atoms with Gasteiger partial charge in [0.2, 0.25) is 0 Å². The van der Waals surface area contributed by atoms with Crippen molar-refractivity contribution in [3.8, 4) is 5.75 Å². The van der Waals surface area contributed by atoms with Gasteiger partial charge < -0.3 is 10.1 Å². The zero-order valence-corrected chi connectivity index (χ0v) is 18.3. The monoisotopic (exact) mass is 443 g/mol. The topological polar surface area (TPSA) is 99.4 Å². The highest BCUT2D eigenvalue weighted by atomic mass is 16.5. The van der Waals surface area contributed by atoms with Crippen LogP contribution in [0.3, 0.4) is 0 Å². The van der Waals surface area contributed by atoms with Gasteiger partial charge in [0.05, 0.1) is 11.3 Å². The first-order valence-corrected chi connectivity index (χ1v) is 10.6. The summed E-state index contributed by atoms with van der Waals surface area (Å²) >= 11 is 0. The number of ketones is 1. The summed E-state index contributed by atoms with van der Waals surface area (Å²) in [7, 11) is 3.01. The molecule has 8 heteroatoms. The van der Waals surface area contributed by atoms with Crippen LogP contribution in [0.15, 0.2) is 63.7 Å². The third kappa shape index (κ3) is 2.98. The van der Waals surface area contributed by atoms with Gasteiger partial charge in [-0.1, -0.05) is 43.3 Å². The lowest BCUT2D eigenvalue weighted by atomic mass is 9.81. The summed E-state index contributed by atoms with van der Waals surface area (Å²) in [5.74, 6) is -0.481. The van der Waals surface area contributed by atoms with Crippen LogP contribution < -0.4 is 21.3 Å². The normalized spacial score (nSPS) is 16.1. The number of hydrogen-bond acceptors (Lipinski definition) is 6. The third-order valence-electron chi connectivity index (χ3n) is 6.21. The number of carbonyl (C=O) groups excluding carboxylic acids is 2. The summed E-state index contributed by atoms with van der Waals surface area (Å²) in [6.45, 7) is 1.71. The molecule has 3 aromatic rings. The Morgan fingerprint density at radius 3 is 2.30 bits per heavy atom. The molecule has 1 unspecified atom stereocenters. The van der Waals surface area contributed by atoms with Gasteiger partial charge in [0.1, 0.15) is 11.6 Å². The van der Waals surface area contributed by atoms with Crippen LogP contribution in [0.2, 0.25) is 0 Å². The fourth-order valence-corrected chi connectivity index (χ4v) is 4.52. The number of aromatic nitrogens is 2. The van der Waals surface area contributed by atoms with Crippen LogP contribution in [0.4, 0.5) is 5.82 Å². The Hall–Kier alpha value is -4.20. The van der Waals surface area contributed by atoms with E-state index in [-0.39, 0.29) is 18.2 Å². The molecule has 1 N–H and O–H groups in total. The highest BCUT2D eigenvalue weighted by molar-refractivity contribution is 6.23. The predicted octanol–water partition coefficient (Wildman–Crippen LogP) is 2.56. The smallest absolute Gasteiger partial charge is 0.332 e. The molecule has 33 heavy (non-hydrogen) atoms. The molecule has 0 spiro atoms. The van der Waals surface area contributed by atoms with Crippen LogP contribution in [0.1, 0.15) is 46.3 Å². The first-order chi connectivity index (χ1) is 15.8. The second-order valence-electron chi connectivity index (χ2n) is 8.09. The Morgan fingerprint density at radius 2 is 1.64 bits per heavy atom. The molecule has 5 rings (SSSR count). The first-order valence-electron chi connectivity index (χ1n) is 10.6. The van der Waals surface area contributed by atoms with Crippen LogP contribution in [0, 0.1) is 0 Å². The number of carbonyl (C=O) groups is 2. The minimum Gasteiger partial charge on any atom is -0.427 e. The highest BCUT2D eigenvalue weighted by Crippen LogP contribution is 2.47. The summed E-state index contributed by atoms with van der Waals surface area (Å²) in [6, 6.07) is 14.0. The van der Waals surface area contributed by atoms with Crippen molar-refractivity contribution in [1.82, 2.24) is 9.13 Å². The van der Waals surface area contributed by atoms with E-state index < -0.39 is 17.2 Å². The van der Waals surface area contributed by atoms with Gasteiger partial charge in [-0.25, -0.2) is 4.79 Å². The van der Waals surface area contributed by atoms with Crippen molar-refractivity contribution in [3.63, 3.8) is 0 Å². The van der Waals surface area contributed by atoms with Crippen molar-refractivity contribution in [2.75, 3.05) is 5.32 Å². The van der Waals surface area contributed by atoms with E-state index >= 15 is 0 Å². The number of fused-ring (bicyclic) bond motifs is 3. The summed E-state index contributed by atoms with van der Waals surface area (Å²) in [5, 5.41) is 3.21. The number of ether oxygens (including phenoxy) is 1. The Morgan fingerprint density at radius 1 is 0.970 bits per heavy atom. The van der Waals surface area contributed by atoms with Crippen molar-refractivity contribution in [2.24, 2.45) is 14.1 Å². The zero-order chi connectivity index (χ0) is 23.4. The number of nitrogens with zero attached hydrogens (tertiary/aromatic N) is 2. The molecule has 1 aromatic heterocycles. The van der Waals surface area contributed by atoms with E-state index in [2.05, 4.69) is 5.32 Å². The van der Waals surface area contributed by atoms with E-state index in [1.54, 1.807) is 50.4 Å². The molecule has 166 valence electrons. The Bertz CT molecular complexity index is 1490. The summed E-state index contributed by atoms with van der Waals surface area (Å²) in [6.07, 6.45) is 0.247. The van der Waals surface area contributed by atoms with Crippen LogP contribution in [-0.2, 0) is 18.9 Å². The standard InChI is InChI=1S/C25H21N3O5/c1-4-17(29)33-14-11-9-13(10-12-14)18-19-21(15-7-5-6-8-16(15)22(19)30)26-23-20(18)24(31)28(3)25(32)27(23)2/h5-12,18,26H,4H2,1-3H3. The Balaban J connectivity index is 1.75. The average molecular weight is 443 g/mol. The van der Waals surface area contributed by atoms with Crippen LogP contribution >= 0.6 is 0 Å². The molecule has 2 aromatic carbocycles. The van der Waals surface area contributed by atoms with Gasteiger partial charge in [0.15, 0.2) is 5.78 Å². The van der Waals surface area contributed by atoms with E-state index in [0.717, 1.165) is 10.1 Å². The molecule has 2 heterocycles. The van der Waals surface area contributed by atoms with Crippen molar-refractivity contribution >= 4 is 23.3 Å². The number of anilines is 1. The number of rotatable bonds is 3. The third-order valence-corrected chi connectivity index (χ3v) is 6.21. The van der Waals surface area contributed by atoms with E-state index in [1.165, 1.54) is 11.6 Å². The quantitative estimate of drug-likeness (QED) is 0.493. The largest absolute Gasteiger partial charge is 0.427 e. The molecule has 0 amide bonds. The van der Waals surface area contributed by atoms with Crippen LogP contribution in [-0.4, -0.2) is 20.9 Å². The lowest BCUT2D eigenvalue weighted by molar-refractivity contribution is -0.134. The van der Waals surface area contributed by atoms with E-state index in [4.69, 9.17) is 4.74 Å². The maximum Gasteiger partial charge on any atom is 0.332 e. The summed E-state index contributed by atoms with van der Waals surface area (Å²) in [5.41, 5.74) is 2.39. The molecule has 1 aliphatic carbocycles. The summed E-state index contributed by atoms with van der Waals surface area (Å²) < 4.78 is 7.70. The highest BCUT2D eigenvalue weighted by Gasteiger charge is 2.42. The lowest BCUT2D eigenvalue weighted by Crippen LogP contribution is -2.42. The molecular weight excluding hydrogens is 422 g/mol. The molecule has 8 nitrogen and oxygen atoms in total. The van der Waals surface area contributed by atoms with Crippen molar-refractivity contribution in [3.05, 3.63) is 97.2 Å². The maximum absolute atomic E-state index is 13.5. The Kier molecular flexibility index (Phi) is 4.67. The van der Waals surface area contributed by atoms with Gasteiger partial charge in [0, 0.05) is 43.1 Å². The van der Waals surface area contributed by atoms with Crippen LogP contribution in [0.25, 0.3) is 5.70 Å². The fourth-order valence-electron chi connectivity index (χ4n) is 4.52. The number of allylic oxidation sites excluding steroid dienone is 1. The van der Waals surface area contributed by atoms with Gasteiger partial charge in [-0.05, 0) is 17.7 Å². The summed E-state index contributed by atoms with van der Waals surface area (Å²) in [4.78, 5) is 51.1. The molecule has 0 bridgehead atoms. The Labute approximate surface area is 188 Å². The lowest BCUT2D eigenvalue weighted by Gasteiger charge is -2.29. The van der Waals surface area contributed by atoms with Crippen LogP contribution in [0.5, 0.6) is 5.75 Å². The van der Waals surface area contributed by atoms with Gasteiger partial charge in [-0.15, -0.1) is 0 Å². The van der Waals surface area contributed by atoms with Gasteiger partial charge in [-0.3, -0.25) is 23.5 Å². The molecule has 2 aliphatic rings. The molecule has 0 fully saturated rings. The van der Waals surface area contributed by atoms with Gasteiger partial charge >= 0.3 is 11.7 Å². The maximum atomic E-state index is 13.5. The minimum atomic E-state index is -0.697. The molecule has 1 aliphatic heterocycles. The zero-order valence-electron chi connectivity index (χ0n) is 18.3. The van der Waals surface area contributed by atoms with Crippen molar-refractivity contribution in [1.29, 1.82) is 0 Å². The number of nitrogens with one attached hydrogen (secondary N) is 1. The SMILES string of the molecule is CCC(=O)Oc1ccc(C2C3=C(Nc4c2c(=O)n(C)c(=O)n4C)c2ccccc2C3=O)cc1. The van der Waals surface area contributed by atoms with Crippen molar-refractivity contribution < 1.29 is 14.3 Å². The first kappa shape index (κ1) is 20.7. The fraction of sp³-hybridized carbons (Fsp3) is 0.200. The molecule has 0 saturated heterocycles. The number of Topliss-reactive ketones (excluding diaryl/α,β-unsaturated/α-hetero) is 1. The average Bonchev–Trinajstić information content (AvgIpc) is 3.12. The minimum absolute atomic E-state index is 0.166. The van der Waals surface area contributed by atoms with E-state index in [0.29, 0.717) is 39.5 Å². The van der Waals surface area contributed by atoms with Crippen molar-refractivity contribution in [2.45, 2.75) is 19.3 Å². The van der Waals surface area contributed by atoms with E-state index in [1.807, 2.05) is 12.1 Å². The van der Waals surface area contributed by atoms with Gasteiger partial charge in [0.25, 0.3) is 5.56 Å². The second-order valence-corrected chi connectivity index (χ2v) is 8.09. The number of benzene rings is 2. The molecular formula is C25H21N3O5. The van der Waals surface area contributed by atoms with Gasteiger partial charge in [-0.2, -0.15) is 0 Å². The van der Waals surface area contributed by atoms with E-state index in [9.17, 15) is 19.2 Å². The number of hydrogen-bond donors (Lipinski definition) is 1. The second kappa shape index (κ2) is 7.44. The molecule has 0 radical (unpaired) electrons. The predicted molar refractivity (Wildman–Crippen MR) is 122 cm³/mol. The molecule has 1 atom stereocenters.